The van der Waals surface area contributed by atoms with E-state index in [2.05, 4.69) is 0 Å². The van der Waals surface area contributed by atoms with Crippen molar-refractivity contribution >= 4 is 17.5 Å². The Morgan fingerprint density at radius 1 is 1.16 bits per heavy atom. The summed E-state index contributed by atoms with van der Waals surface area (Å²) in [6, 6.07) is 7.77. The van der Waals surface area contributed by atoms with E-state index in [0.29, 0.717) is 18.1 Å². The van der Waals surface area contributed by atoms with Crippen LogP contribution in [0.15, 0.2) is 24.3 Å². The molecule has 25 heavy (non-hydrogen) atoms. The molecule has 1 saturated heterocycles. The molecule has 1 aliphatic heterocycles. The minimum absolute atomic E-state index is 0.0897. The van der Waals surface area contributed by atoms with Crippen LogP contribution in [0.4, 0.5) is 0 Å². The van der Waals surface area contributed by atoms with Gasteiger partial charge < -0.3 is 15.1 Å². The second-order valence-electron chi connectivity index (χ2n) is 7.53. The monoisotopic (exact) mass is 365 g/mol. The second kappa shape index (κ2) is 8.07. The Labute approximate surface area is 154 Å². The van der Waals surface area contributed by atoms with E-state index in [1.54, 1.807) is 0 Å². The molecule has 1 aromatic rings. The van der Waals surface area contributed by atoms with E-state index in [-0.39, 0.29) is 18.4 Å². The number of aliphatic hydroxyl groups is 2. The van der Waals surface area contributed by atoms with E-state index >= 15 is 0 Å². The number of aliphatic hydroxyl groups excluding tert-OH is 2. The van der Waals surface area contributed by atoms with E-state index in [1.165, 1.54) is 6.42 Å². The van der Waals surface area contributed by atoms with Gasteiger partial charge in [0.05, 0.1) is 18.1 Å². The Balaban J connectivity index is 1.78. The highest BCUT2D eigenvalue weighted by atomic mass is 35.5. The van der Waals surface area contributed by atoms with E-state index in [9.17, 15) is 9.90 Å². The average Bonchev–Trinajstić information content (AvgIpc) is 2.68. The van der Waals surface area contributed by atoms with Crippen LogP contribution in [-0.2, 0) is 10.2 Å². The second-order valence-corrected chi connectivity index (χ2v) is 7.97. The van der Waals surface area contributed by atoms with Gasteiger partial charge in [0.15, 0.2) is 0 Å². The molecule has 0 bridgehead atoms. The van der Waals surface area contributed by atoms with Crippen molar-refractivity contribution in [1.29, 1.82) is 0 Å². The summed E-state index contributed by atoms with van der Waals surface area (Å²) in [7, 11) is 0. The molecular formula is C20H28ClNO3. The van der Waals surface area contributed by atoms with Gasteiger partial charge >= 0.3 is 0 Å². The van der Waals surface area contributed by atoms with Gasteiger partial charge in [-0.1, -0.05) is 43.0 Å². The van der Waals surface area contributed by atoms with E-state index in [4.69, 9.17) is 16.7 Å². The fraction of sp³-hybridized carbons (Fsp3) is 0.650. The molecule has 1 aliphatic carbocycles. The highest BCUT2D eigenvalue weighted by molar-refractivity contribution is 6.30. The van der Waals surface area contributed by atoms with Crippen molar-refractivity contribution in [3.05, 3.63) is 34.9 Å². The van der Waals surface area contributed by atoms with E-state index in [0.717, 1.165) is 44.1 Å². The van der Waals surface area contributed by atoms with Gasteiger partial charge in [-0.05, 0) is 49.3 Å². The van der Waals surface area contributed by atoms with Crippen LogP contribution in [-0.4, -0.2) is 46.8 Å². The number of hydrogen-bond acceptors (Lipinski definition) is 3. The summed E-state index contributed by atoms with van der Waals surface area (Å²) in [6.45, 7) is 1.12. The normalized spacial score (nSPS) is 22.6. The number of amides is 1. The molecule has 1 aromatic carbocycles. The Kier molecular flexibility index (Phi) is 6.03. The topological polar surface area (TPSA) is 60.8 Å². The third-order valence-corrected chi connectivity index (χ3v) is 6.32. The number of hydrogen-bond donors (Lipinski definition) is 2. The predicted octanol–water partition coefficient (Wildman–Crippen LogP) is 3.13. The minimum atomic E-state index is -0.669. The molecule has 2 fully saturated rings. The Bertz CT molecular complexity index is 575. The molecule has 1 heterocycles. The smallest absolute Gasteiger partial charge is 0.233 e. The molecule has 1 unspecified atom stereocenters. The lowest BCUT2D eigenvalue weighted by Crippen LogP contribution is -2.51. The molecule has 1 amide bonds. The number of carbonyl (C=O) groups excluding carboxylic acids is 1. The maximum absolute atomic E-state index is 13.5. The Morgan fingerprint density at radius 3 is 2.32 bits per heavy atom. The van der Waals surface area contributed by atoms with Crippen molar-refractivity contribution in [3.63, 3.8) is 0 Å². The summed E-state index contributed by atoms with van der Waals surface area (Å²) in [5.74, 6) is 0.318. The van der Waals surface area contributed by atoms with Crippen molar-refractivity contribution in [2.75, 3.05) is 19.7 Å². The molecule has 4 nitrogen and oxygen atoms in total. The zero-order chi connectivity index (χ0) is 17.9. The number of halogens is 1. The molecule has 1 atom stereocenters. The Hall–Kier alpha value is -1.10. The quantitative estimate of drug-likeness (QED) is 0.861. The van der Waals surface area contributed by atoms with Crippen molar-refractivity contribution in [2.45, 2.75) is 56.5 Å². The van der Waals surface area contributed by atoms with Crippen LogP contribution in [0.5, 0.6) is 0 Å². The third kappa shape index (κ3) is 3.86. The van der Waals surface area contributed by atoms with Crippen molar-refractivity contribution in [2.24, 2.45) is 5.92 Å². The van der Waals surface area contributed by atoms with Crippen LogP contribution >= 0.6 is 11.6 Å². The summed E-state index contributed by atoms with van der Waals surface area (Å²) in [4.78, 5) is 15.5. The van der Waals surface area contributed by atoms with Gasteiger partial charge in [-0.3, -0.25) is 4.79 Å². The lowest BCUT2D eigenvalue weighted by atomic mass is 9.68. The molecule has 1 saturated carbocycles. The number of rotatable bonds is 4. The lowest BCUT2D eigenvalue weighted by Gasteiger charge is -2.43. The number of carbonyl (C=O) groups is 1. The minimum Gasteiger partial charge on any atom is -0.394 e. The van der Waals surface area contributed by atoms with Crippen LogP contribution in [0.1, 0.15) is 50.5 Å². The van der Waals surface area contributed by atoms with Crippen LogP contribution < -0.4 is 0 Å². The van der Waals surface area contributed by atoms with Gasteiger partial charge in [0.1, 0.15) is 0 Å². The highest BCUT2D eigenvalue weighted by Crippen LogP contribution is 2.42. The maximum Gasteiger partial charge on any atom is 0.233 e. The predicted molar refractivity (Wildman–Crippen MR) is 98.6 cm³/mol. The SMILES string of the molecule is O=C(N1CCC(C(O)CO)CC1)C1(c2ccc(Cl)cc2)CCCCC1. The van der Waals surface area contributed by atoms with Gasteiger partial charge in [-0.15, -0.1) is 0 Å². The third-order valence-electron chi connectivity index (χ3n) is 6.07. The number of likely N-dealkylation sites (tertiary alicyclic amines) is 1. The number of piperidine rings is 1. The first-order valence-electron chi connectivity index (χ1n) is 9.41. The maximum atomic E-state index is 13.5. The van der Waals surface area contributed by atoms with Crippen LogP contribution in [0.3, 0.4) is 0 Å². The van der Waals surface area contributed by atoms with Crippen molar-refractivity contribution in [1.82, 2.24) is 4.90 Å². The van der Waals surface area contributed by atoms with Gasteiger partial charge in [0.25, 0.3) is 0 Å². The van der Waals surface area contributed by atoms with Crippen molar-refractivity contribution < 1.29 is 15.0 Å². The molecule has 5 heteroatoms. The summed E-state index contributed by atoms with van der Waals surface area (Å²) in [5, 5.41) is 19.7. The molecule has 138 valence electrons. The highest BCUT2D eigenvalue weighted by Gasteiger charge is 2.44. The van der Waals surface area contributed by atoms with Gasteiger partial charge in [-0.2, -0.15) is 0 Å². The van der Waals surface area contributed by atoms with Crippen molar-refractivity contribution in [3.8, 4) is 0 Å². The Morgan fingerprint density at radius 2 is 1.76 bits per heavy atom. The zero-order valence-corrected chi connectivity index (χ0v) is 15.4. The molecular weight excluding hydrogens is 338 g/mol. The first kappa shape index (κ1) is 18.7. The average molecular weight is 366 g/mol. The molecule has 0 radical (unpaired) electrons. The standard InChI is InChI=1S/C20H28ClNO3/c21-17-6-4-16(5-7-17)20(10-2-1-3-11-20)19(25)22-12-8-15(9-13-22)18(24)14-23/h4-7,15,18,23-24H,1-3,8-14H2. The first-order chi connectivity index (χ1) is 12.1. The number of benzene rings is 1. The number of nitrogens with zero attached hydrogens (tertiary/aromatic N) is 1. The first-order valence-corrected chi connectivity index (χ1v) is 9.79. The van der Waals surface area contributed by atoms with E-state index < -0.39 is 11.5 Å². The molecule has 2 aliphatic rings. The molecule has 3 rings (SSSR count). The zero-order valence-electron chi connectivity index (χ0n) is 14.7. The van der Waals surface area contributed by atoms with E-state index in [1.807, 2.05) is 29.2 Å². The summed E-state index contributed by atoms with van der Waals surface area (Å²) in [5.41, 5.74) is 0.657. The largest absolute Gasteiger partial charge is 0.394 e. The van der Waals surface area contributed by atoms with Gasteiger partial charge in [-0.25, -0.2) is 0 Å². The van der Waals surface area contributed by atoms with Crippen LogP contribution in [0.2, 0.25) is 5.02 Å². The fourth-order valence-electron chi connectivity index (χ4n) is 4.49. The molecule has 0 aromatic heterocycles. The fourth-order valence-corrected chi connectivity index (χ4v) is 4.62. The lowest BCUT2D eigenvalue weighted by molar-refractivity contribution is -0.141. The summed E-state index contributed by atoms with van der Waals surface area (Å²) in [6.07, 6.45) is 5.97. The van der Waals surface area contributed by atoms with Crippen LogP contribution in [0, 0.1) is 5.92 Å². The molecule has 2 N–H and O–H groups in total. The van der Waals surface area contributed by atoms with Gasteiger partial charge in [0.2, 0.25) is 5.91 Å². The van der Waals surface area contributed by atoms with Gasteiger partial charge in [0, 0.05) is 18.1 Å². The molecule has 0 spiro atoms. The van der Waals surface area contributed by atoms with Crippen LogP contribution in [0.25, 0.3) is 0 Å². The summed E-state index contributed by atoms with van der Waals surface area (Å²) < 4.78 is 0. The summed E-state index contributed by atoms with van der Waals surface area (Å²) >= 11 is 6.04.